The van der Waals surface area contributed by atoms with Gasteiger partial charge in [0.2, 0.25) is 0 Å². The van der Waals surface area contributed by atoms with Gasteiger partial charge in [0.25, 0.3) is 0 Å². The van der Waals surface area contributed by atoms with Crippen LogP contribution in [0.3, 0.4) is 0 Å². The lowest BCUT2D eigenvalue weighted by atomic mass is 10.2. The lowest BCUT2D eigenvalue weighted by molar-refractivity contribution is 0.326. The molecule has 3 heteroatoms. The maximum Gasteiger partial charge on any atom is 0.125 e. The third kappa shape index (κ3) is 2.60. The lowest BCUT2D eigenvalue weighted by Crippen LogP contribution is -2.27. The summed E-state index contributed by atoms with van der Waals surface area (Å²) in [6, 6.07) is 6.50. The third-order valence-corrected chi connectivity index (χ3v) is 3.70. The number of likely N-dealkylation sites (tertiary alicyclic amines) is 1. The van der Waals surface area contributed by atoms with Crippen LogP contribution in [0, 0.1) is 12.7 Å². The van der Waals surface area contributed by atoms with Gasteiger partial charge in [-0.05, 0) is 49.9 Å². The van der Waals surface area contributed by atoms with E-state index < -0.39 is 0 Å². The molecule has 0 spiro atoms. The zero-order valence-electron chi connectivity index (χ0n) is 10.2. The zero-order valence-corrected chi connectivity index (χ0v) is 10.2. The maximum atomic E-state index is 13.3. The van der Waals surface area contributed by atoms with Gasteiger partial charge < -0.3 is 5.32 Å². The zero-order chi connectivity index (χ0) is 11.8. The van der Waals surface area contributed by atoms with Crippen LogP contribution in [0.25, 0.3) is 0 Å². The molecule has 1 N–H and O–H groups in total. The molecule has 1 aliphatic carbocycles. The minimum Gasteiger partial charge on any atom is -0.381 e. The van der Waals surface area contributed by atoms with E-state index in [0.29, 0.717) is 6.04 Å². The van der Waals surface area contributed by atoms with Gasteiger partial charge in [-0.25, -0.2) is 4.39 Å². The molecule has 17 heavy (non-hydrogen) atoms. The molecule has 0 radical (unpaired) electrons. The number of halogens is 1. The largest absolute Gasteiger partial charge is 0.381 e. The molecule has 1 unspecified atom stereocenters. The van der Waals surface area contributed by atoms with Gasteiger partial charge in [0.1, 0.15) is 5.82 Å². The van der Waals surface area contributed by atoms with Crippen LogP contribution >= 0.6 is 0 Å². The van der Waals surface area contributed by atoms with Crippen LogP contribution in [0.4, 0.5) is 10.1 Å². The third-order valence-electron chi connectivity index (χ3n) is 3.70. The number of rotatable bonds is 3. The summed E-state index contributed by atoms with van der Waals surface area (Å²) in [5, 5.41) is 3.45. The van der Waals surface area contributed by atoms with E-state index in [4.69, 9.17) is 0 Å². The first kappa shape index (κ1) is 11.0. The second kappa shape index (κ2) is 4.30. The molecule has 92 valence electrons. The van der Waals surface area contributed by atoms with Gasteiger partial charge in [0.05, 0.1) is 0 Å². The Kier molecular flexibility index (Phi) is 2.79. The van der Waals surface area contributed by atoms with E-state index in [2.05, 4.69) is 10.2 Å². The SMILES string of the molecule is Cc1cc(F)cc(NC2CCN(C3CC3)C2)c1. The van der Waals surface area contributed by atoms with Gasteiger partial charge in [0, 0.05) is 30.9 Å². The molecule has 0 aromatic heterocycles. The summed E-state index contributed by atoms with van der Waals surface area (Å²) in [5.41, 5.74) is 1.90. The average Bonchev–Trinajstić information content (AvgIpc) is 2.99. The van der Waals surface area contributed by atoms with Crippen LogP contribution in [0.15, 0.2) is 18.2 Å². The van der Waals surface area contributed by atoms with Gasteiger partial charge in [0.15, 0.2) is 0 Å². The predicted octanol–water partition coefficient (Wildman–Crippen LogP) is 2.78. The quantitative estimate of drug-likeness (QED) is 0.865. The maximum absolute atomic E-state index is 13.3. The number of benzene rings is 1. The number of anilines is 1. The van der Waals surface area contributed by atoms with Crippen LogP contribution in [-0.4, -0.2) is 30.1 Å². The number of hydrogen-bond donors (Lipinski definition) is 1. The molecule has 1 heterocycles. The van der Waals surface area contributed by atoms with Gasteiger partial charge in [-0.2, -0.15) is 0 Å². The Morgan fingerprint density at radius 3 is 2.76 bits per heavy atom. The molecule has 1 aliphatic heterocycles. The number of hydrogen-bond acceptors (Lipinski definition) is 2. The predicted molar refractivity (Wildman–Crippen MR) is 67.8 cm³/mol. The molecule has 3 rings (SSSR count). The van der Waals surface area contributed by atoms with Crippen LogP contribution in [0.5, 0.6) is 0 Å². The Hall–Kier alpha value is -1.09. The smallest absolute Gasteiger partial charge is 0.125 e. The van der Waals surface area contributed by atoms with Crippen LogP contribution in [-0.2, 0) is 0 Å². The second-order valence-electron chi connectivity index (χ2n) is 5.37. The van der Waals surface area contributed by atoms with E-state index in [-0.39, 0.29) is 5.82 Å². The first-order valence-corrected chi connectivity index (χ1v) is 6.48. The van der Waals surface area contributed by atoms with Gasteiger partial charge in [-0.3, -0.25) is 4.90 Å². The van der Waals surface area contributed by atoms with E-state index in [1.807, 2.05) is 13.0 Å². The van der Waals surface area contributed by atoms with Crippen molar-refractivity contribution in [3.63, 3.8) is 0 Å². The molecule has 2 nitrogen and oxygen atoms in total. The summed E-state index contributed by atoms with van der Waals surface area (Å²) in [5.74, 6) is -0.149. The monoisotopic (exact) mass is 234 g/mol. The first-order valence-electron chi connectivity index (χ1n) is 6.48. The Balaban J connectivity index is 1.62. The minimum atomic E-state index is -0.149. The van der Waals surface area contributed by atoms with E-state index >= 15 is 0 Å². The molecule has 1 aromatic carbocycles. The molecular formula is C14H19FN2. The fourth-order valence-electron chi connectivity index (χ4n) is 2.73. The normalized spacial score (nSPS) is 25.2. The summed E-state index contributed by atoms with van der Waals surface area (Å²) in [4.78, 5) is 2.56. The molecular weight excluding hydrogens is 215 g/mol. The van der Waals surface area contributed by atoms with Crippen molar-refractivity contribution in [1.29, 1.82) is 0 Å². The summed E-state index contributed by atoms with van der Waals surface area (Å²) in [6.07, 6.45) is 3.91. The summed E-state index contributed by atoms with van der Waals surface area (Å²) in [6.45, 7) is 4.23. The van der Waals surface area contributed by atoms with Crippen molar-refractivity contribution in [3.05, 3.63) is 29.6 Å². The summed E-state index contributed by atoms with van der Waals surface area (Å²) >= 11 is 0. The van der Waals surface area contributed by atoms with E-state index in [1.54, 1.807) is 12.1 Å². The fourth-order valence-corrected chi connectivity index (χ4v) is 2.73. The van der Waals surface area contributed by atoms with Gasteiger partial charge in [-0.15, -0.1) is 0 Å². The standard InChI is InChI=1S/C14H19FN2/c1-10-6-11(15)8-13(7-10)16-12-4-5-17(9-12)14-2-3-14/h6-8,12,14,16H,2-5,9H2,1H3. The Labute approximate surface area is 102 Å². The number of nitrogens with zero attached hydrogens (tertiary/aromatic N) is 1. The summed E-state index contributed by atoms with van der Waals surface area (Å²) in [7, 11) is 0. The van der Waals surface area contributed by atoms with Crippen molar-refractivity contribution in [2.24, 2.45) is 0 Å². The van der Waals surface area contributed by atoms with Crippen molar-refractivity contribution < 1.29 is 4.39 Å². The van der Waals surface area contributed by atoms with Crippen molar-refractivity contribution in [3.8, 4) is 0 Å². The van der Waals surface area contributed by atoms with Gasteiger partial charge in [-0.1, -0.05) is 0 Å². The number of nitrogens with one attached hydrogen (secondary N) is 1. The second-order valence-corrected chi connectivity index (χ2v) is 5.37. The molecule has 1 saturated heterocycles. The summed E-state index contributed by atoms with van der Waals surface area (Å²) < 4.78 is 13.3. The Bertz CT molecular complexity index is 394. The van der Waals surface area contributed by atoms with Crippen molar-refractivity contribution in [2.75, 3.05) is 18.4 Å². The van der Waals surface area contributed by atoms with Crippen molar-refractivity contribution in [2.45, 2.75) is 38.3 Å². The highest BCUT2D eigenvalue weighted by atomic mass is 19.1. The van der Waals surface area contributed by atoms with Gasteiger partial charge >= 0.3 is 0 Å². The van der Waals surface area contributed by atoms with E-state index in [9.17, 15) is 4.39 Å². The van der Waals surface area contributed by atoms with Crippen LogP contribution < -0.4 is 5.32 Å². The fraction of sp³-hybridized carbons (Fsp3) is 0.571. The molecule has 0 amide bonds. The Morgan fingerprint density at radius 1 is 1.24 bits per heavy atom. The first-order chi connectivity index (χ1) is 8.20. The highest BCUT2D eigenvalue weighted by Gasteiger charge is 2.34. The molecule has 1 aromatic rings. The highest BCUT2D eigenvalue weighted by Crippen LogP contribution is 2.30. The molecule has 0 bridgehead atoms. The number of aryl methyl sites for hydroxylation is 1. The lowest BCUT2D eigenvalue weighted by Gasteiger charge is -2.17. The average molecular weight is 234 g/mol. The molecule has 1 saturated carbocycles. The van der Waals surface area contributed by atoms with Crippen molar-refractivity contribution >= 4 is 5.69 Å². The Morgan fingerprint density at radius 2 is 2.06 bits per heavy atom. The molecule has 1 atom stereocenters. The van der Waals surface area contributed by atoms with E-state index in [1.165, 1.54) is 25.8 Å². The molecule has 2 aliphatic rings. The minimum absolute atomic E-state index is 0.149. The van der Waals surface area contributed by atoms with Crippen molar-refractivity contribution in [1.82, 2.24) is 4.90 Å². The van der Waals surface area contributed by atoms with Crippen LogP contribution in [0.1, 0.15) is 24.8 Å². The molecule has 2 fully saturated rings. The topological polar surface area (TPSA) is 15.3 Å². The van der Waals surface area contributed by atoms with Crippen LogP contribution in [0.2, 0.25) is 0 Å². The highest BCUT2D eigenvalue weighted by molar-refractivity contribution is 5.47. The van der Waals surface area contributed by atoms with E-state index in [0.717, 1.165) is 23.8 Å².